The lowest BCUT2D eigenvalue weighted by molar-refractivity contribution is -0.140. The highest BCUT2D eigenvalue weighted by atomic mass is 32.2. The minimum absolute atomic E-state index is 0.0364. The van der Waals surface area contributed by atoms with Crippen LogP contribution in [0.3, 0.4) is 0 Å². The van der Waals surface area contributed by atoms with E-state index in [0.717, 1.165) is 5.75 Å². The van der Waals surface area contributed by atoms with Crippen molar-refractivity contribution in [1.82, 2.24) is 4.90 Å². The average molecular weight is 345 g/mol. The Hall–Kier alpha value is -1.83. The Morgan fingerprint density at radius 1 is 1.35 bits per heavy atom. The molecular weight excluding hydrogens is 328 g/mol. The molecule has 1 N–H and O–H groups in total. The zero-order chi connectivity index (χ0) is 16.8. The lowest BCUT2D eigenvalue weighted by Gasteiger charge is -2.34. The number of ether oxygens (including phenoxy) is 1. The topological polar surface area (TPSA) is 66.8 Å². The van der Waals surface area contributed by atoms with E-state index in [1.807, 2.05) is 0 Å². The van der Waals surface area contributed by atoms with Crippen LogP contribution in [0.2, 0.25) is 0 Å². The first-order chi connectivity index (χ1) is 11.0. The number of hydrogen-bond acceptors (Lipinski definition) is 4. The predicted molar refractivity (Wildman–Crippen MR) is 81.9 cm³/mol. The van der Waals surface area contributed by atoms with E-state index in [1.54, 1.807) is 28.8 Å². The Balaban J connectivity index is 1.97. The van der Waals surface area contributed by atoms with E-state index >= 15 is 0 Å². The number of hydrogen-bond donors (Lipinski definition) is 1. The average Bonchev–Trinajstić information content (AvgIpc) is 2.48. The molecule has 0 aliphatic carbocycles. The number of benzene rings is 1. The van der Waals surface area contributed by atoms with Crippen LogP contribution in [0.5, 0.6) is 5.75 Å². The number of alkyl halides is 2. The number of carbonyl (C=O) groups is 2. The van der Waals surface area contributed by atoms with Crippen molar-refractivity contribution in [3.63, 3.8) is 0 Å². The summed E-state index contributed by atoms with van der Waals surface area (Å²) in [4.78, 5) is 24.9. The van der Waals surface area contributed by atoms with Crippen LogP contribution < -0.4 is 4.74 Å². The van der Waals surface area contributed by atoms with Gasteiger partial charge in [-0.2, -0.15) is 20.5 Å². The van der Waals surface area contributed by atoms with Crippen LogP contribution in [0.1, 0.15) is 12.0 Å². The summed E-state index contributed by atoms with van der Waals surface area (Å²) in [6.45, 7) is -2.36. The van der Waals surface area contributed by atoms with E-state index in [2.05, 4.69) is 4.74 Å². The quantitative estimate of drug-likeness (QED) is 0.857. The molecule has 1 amide bonds. The summed E-state index contributed by atoms with van der Waals surface area (Å²) in [6, 6.07) is 5.58. The second-order valence-electron chi connectivity index (χ2n) is 5.11. The van der Waals surface area contributed by atoms with Gasteiger partial charge in [0, 0.05) is 18.1 Å². The Kier molecular flexibility index (Phi) is 6.20. The minimum Gasteiger partial charge on any atom is -0.481 e. The van der Waals surface area contributed by atoms with Gasteiger partial charge in [-0.05, 0) is 17.7 Å². The number of carboxylic acid groups (broad SMARTS) is 1. The van der Waals surface area contributed by atoms with Gasteiger partial charge in [-0.15, -0.1) is 0 Å². The fourth-order valence-corrected chi connectivity index (χ4v) is 3.48. The van der Waals surface area contributed by atoms with Crippen molar-refractivity contribution in [2.75, 3.05) is 18.1 Å². The van der Waals surface area contributed by atoms with Gasteiger partial charge in [-0.3, -0.25) is 9.59 Å². The van der Waals surface area contributed by atoms with Crippen LogP contribution in [-0.4, -0.2) is 52.6 Å². The smallest absolute Gasteiger partial charge is 0.387 e. The van der Waals surface area contributed by atoms with Crippen molar-refractivity contribution in [3.8, 4) is 5.75 Å². The summed E-state index contributed by atoms with van der Waals surface area (Å²) < 4.78 is 28.4. The number of thioether (sulfide) groups is 1. The van der Waals surface area contributed by atoms with Crippen molar-refractivity contribution >= 4 is 23.6 Å². The highest BCUT2D eigenvalue weighted by Crippen LogP contribution is 2.21. The predicted octanol–water partition coefficient (Wildman–Crippen LogP) is 2.25. The molecule has 0 aromatic heterocycles. The molecule has 5 nitrogen and oxygen atoms in total. The second-order valence-corrected chi connectivity index (χ2v) is 6.26. The van der Waals surface area contributed by atoms with E-state index in [-0.39, 0.29) is 30.5 Å². The first-order valence-corrected chi connectivity index (χ1v) is 8.24. The number of aliphatic carboxylic acids is 1. The minimum atomic E-state index is -2.88. The van der Waals surface area contributed by atoms with Crippen LogP contribution >= 0.6 is 11.8 Å². The van der Waals surface area contributed by atoms with Gasteiger partial charge >= 0.3 is 12.6 Å². The van der Waals surface area contributed by atoms with Gasteiger partial charge in [0.05, 0.1) is 18.9 Å². The third kappa shape index (κ3) is 5.38. The molecule has 1 aromatic carbocycles. The summed E-state index contributed by atoms with van der Waals surface area (Å²) in [5.41, 5.74) is 0.670. The van der Waals surface area contributed by atoms with Crippen LogP contribution in [0.4, 0.5) is 8.78 Å². The molecule has 2 rings (SSSR count). The van der Waals surface area contributed by atoms with E-state index in [9.17, 15) is 18.4 Å². The maximum absolute atomic E-state index is 12.4. The molecule has 0 spiro atoms. The molecule has 1 saturated heterocycles. The van der Waals surface area contributed by atoms with Crippen LogP contribution in [-0.2, 0) is 16.0 Å². The van der Waals surface area contributed by atoms with Gasteiger partial charge < -0.3 is 14.7 Å². The summed E-state index contributed by atoms with van der Waals surface area (Å²) in [7, 11) is 0. The van der Waals surface area contributed by atoms with E-state index in [1.165, 1.54) is 12.1 Å². The first-order valence-electron chi connectivity index (χ1n) is 7.08. The van der Waals surface area contributed by atoms with Crippen LogP contribution in [0, 0.1) is 0 Å². The maximum atomic E-state index is 12.4. The lowest BCUT2D eigenvalue weighted by atomic mass is 10.1. The van der Waals surface area contributed by atoms with Gasteiger partial charge in [0.1, 0.15) is 5.75 Å². The van der Waals surface area contributed by atoms with Crippen molar-refractivity contribution in [1.29, 1.82) is 0 Å². The number of rotatable bonds is 6. The molecule has 23 heavy (non-hydrogen) atoms. The number of halogens is 2. The monoisotopic (exact) mass is 345 g/mol. The Bertz CT molecular complexity index is 553. The molecule has 8 heteroatoms. The molecule has 1 unspecified atom stereocenters. The van der Waals surface area contributed by atoms with Gasteiger partial charge in [0.25, 0.3) is 0 Å². The molecule has 1 heterocycles. The number of amides is 1. The molecule has 1 aliphatic rings. The Morgan fingerprint density at radius 2 is 2.04 bits per heavy atom. The van der Waals surface area contributed by atoms with Crippen molar-refractivity contribution in [2.24, 2.45) is 0 Å². The molecule has 1 atom stereocenters. The van der Waals surface area contributed by atoms with Gasteiger partial charge in [0.15, 0.2) is 0 Å². The molecular formula is C15H17F2NO4S. The Morgan fingerprint density at radius 3 is 2.65 bits per heavy atom. The summed E-state index contributed by atoms with van der Waals surface area (Å²) in [6.07, 6.45) is 0.0374. The lowest BCUT2D eigenvalue weighted by Crippen LogP contribution is -2.47. The SMILES string of the molecule is O=C(O)CC1CSCCN1C(=O)Cc1ccc(OC(F)F)cc1. The van der Waals surface area contributed by atoms with Crippen molar-refractivity contribution < 1.29 is 28.2 Å². The standard InChI is InChI=1S/C15H17F2NO4S/c16-15(17)22-12-3-1-10(2-4-12)7-13(19)18-5-6-23-9-11(18)8-14(20)21/h1-4,11,15H,5-9H2,(H,20,21). The molecule has 1 aliphatic heterocycles. The van der Waals surface area contributed by atoms with E-state index in [4.69, 9.17) is 5.11 Å². The van der Waals surface area contributed by atoms with Crippen molar-refractivity contribution in [3.05, 3.63) is 29.8 Å². The zero-order valence-corrected chi connectivity index (χ0v) is 13.1. The van der Waals surface area contributed by atoms with E-state index in [0.29, 0.717) is 17.9 Å². The normalized spacial score (nSPS) is 18.0. The Labute approximate surface area is 136 Å². The van der Waals surface area contributed by atoms with Crippen molar-refractivity contribution in [2.45, 2.75) is 25.5 Å². The molecule has 0 radical (unpaired) electrons. The van der Waals surface area contributed by atoms with Gasteiger partial charge in [0.2, 0.25) is 5.91 Å². The fourth-order valence-electron chi connectivity index (χ4n) is 2.42. The van der Waals surface area contributed by atoms with Crippen LogP contribution in [0.25, 0.3) is 0 Å². The molecule has 1 aromatic rings. The number of carbonyl (C=O) groups excluding carboxylic acids is 1. The fraction of sp³-hybridized carbons (Fsp3) is 0.467. The third-order valence-electron chi connectivity index (χ3n) is 3.46. The second kappa shape index (κ2) is 8.14. The third-order valence-corrected chi connectivity index (χ3v) is 4.55. The maximum Gasteiger partial charge on any atom is 0.387 e. The van der Waals surface area contributed by atoms with Gasteiger partial charge in [-0.25, -0.2) is 0 Å². The summed E-state index contributed by atoms with van der Waals surface area (Å²) in [5.74, 6) is 0.347. The molecule has 1 fully saturated rings. The van der Waals surface area contributed by atoms with E-state index < -0.39 is 12.6 Å². The van der Waals surface area contributed by atoms with Crippen LogP contribution in [0.15, 0.2) is 24.3 Å². The summed E-state index contributed by atoms with van der Waals surface area (Å²) >= 11 is 1.64. The first kappa shape index (κ1) is 17.5. The molecule has 0 bridgehead atoms. The highest BCUT2D eigenvalue weighted by molar-refractivity contribution is 7.99. The highest BCUT2D eigenvalue weighted by Gasteiger charge is 2.28. The van der Waals surface area contributed by atoms with Gasteiger partial charge in [-0.1, -0.05) is 12.1 Å². The number of carboxylic acids is 1. The largest absolute Gasteiger partial charge is 0.481 e. The molecule has 0 saturated carbocycles. The summed E-state index contributed by atoms with van der Waals surface area (Å²) in [5, 5.41) is 8.94. The number of nitrogens with zero attached hydrogens (tertiary/aromatic N) is 1. The molecule has 126 valence electrons. The zero-order valence-electron chi connectivity index (χ0n) is 12.3.